The Morgan fingerprint density at radius 1 is 1.17 bits per heavy atom. The number of aliphatic hydroxyl groups is 1. The van der Waals surface area contributed by atoms with Crippen LogP contribution in [0.4, 0.5) is 0 Å². The SMILES string of the molecule is CC[C@@]1(O)CCC[C@@H]2CN(Cc3ccc(OC)c(OCCN4CCOCC4)c3)C[C@@H]21. The lowest BCUT2D eigenvalue weighted by Crippen LogP contribution is -2.44. The molecule has 0 spiro atoms. The Balaban J connectivity index is 1.35. The van der Waals surface area contributed by atoms with Gasteiger partial charge in [0.1, 0.15) is 6.61 Å². The molecule has 1 aromatic rings. The summed E-state index contributed by atoms with van der Waals surface area (Å²) in [4.78, 5) is 4.89. The van der Waals surface area contributed by atoms with Crippen molar-refractivity contribution >= 4 is 0 Å². The molecular weight excluding hydrogens is 380 g/mol. The second-order valence-corrected chi connectivity index (χ2v) is 9.20. The number of nitrogens with zero attached hydrogens (tertiary/aromatic N) is 2. The van der Waals surface area contributed by atoms with Crippen molar-refractivity contribution in [3.05, 3.63) is 23.8 Å². The lowest BCUT2D eigenvalue weighted by Gasteiger charge is -2.40. The second kappa shape index (κ2) is 9.86. The lowest BCUT2D eigenvalue weighted by molar-refractivity contribution is -0.0613. The molecule has 4 rings (SSSR count). The highest BCUT2D eigenvalue weighted by Crippen LogP contribution is 2.44. The second-order valence-electron chi connectivity index (χ2n) is 9.20. The van der Waals surface area contributed by atoms with Crippen LogP contribution in [0, 0.1) is 11.8 Å². The minimum atomic E-state index is -0.467. The monoisotopic (exact) mass is 418 g/mol. The number of rotatable bonds is 8. The minimum absolute atomic E-state index is 0.416. The summed E-state index contributed by atoms with van der Waals surface area (Å²) >= 11 is 0. The molecule has 3 aliphatic rings. The fourth-order valence-corrected chi connectivity index (χ4v) is 5.59. The summed E-state index contributed by atoms with van der Waals surface area (Å²) in [6.07, 6.45) is 4.23. The van der Waals surface area contributed by atoms with Crippen LogP contribution >= 0.6 is 0 Å². The summed E-state index contributed by atoms with van der Waals surface area (Å²) in [5.74, 6) is 2.66. The first-order chi connectivity index (χ1) is 14.6. The maximum absolute atomic E-state index is 11.1. The molecule has 2 heterocycles. The van der Waals surface area contributed by atoms with E-state index in [1.165, 1.54) is 12.0 Å². The third-order valence-corrected chi connectivity index (χ3v) is 7.41. The molecule has 1 aliphatic carbocycles. The third-order valence-electron chi connectivity index (χ3n) is 7.41. The van der Waals surface area contributed by atoms with Gasteiger partial charge in [0.25, 0.3) is 0 Å². The molecule has 0 radical (unpaired) electrons. The standard InChI is InChI=1S/C24H38N2O4/c1-3-24(27)8-4-5-20-17-26(18-21(20)24)16-19-6-7-22(28-2)23(15-19)30-14-11-25-9-12-29-13-10-25/h6-7,15,20-21,27H,3-5,8-14,16-18H2,1-2H3/t20-,21+,24-/m1/s1. The van der Waals surface area contributed by atoms with Crippen LogP contribution in [0.5, 0.6) is 11.5 Å². The Bertz CT molecular complexity index is 694. The number of methoxy groups -OCH3 is 1. The average Bonchev–Trinajstić information content (AvgIpc) is 3.19. The minimum Gasteiger partial charge on any atom is -0.493 e. The van der Waals surface area contributed by atoms with Gasteiger partial charge in [-0.1, -0.05) is 19.4 Å². The van der Waals surface area contributed by atoms with Gasteiger partial charge in [0.05, 0.1) is 25.9 Å². The molecule has 1 saturated carbocycles. The highest BCUT2D eigenvalue weighted by molar-refractivity contribution is 5.43. The van der Waals surface area contributed by atoms with E-state index in [0.717, 1.165) is 83.2 Å². The van der Waals surface area contributed by atoms with Crippen molar-refractivity contribution in [2.75, 3.05) is 59.7 Å². The number of benzene rings is 1. The Hall–Kier alpha value is -1.34. The average molecular weight is 419 g/mol. The first-order valence-corrected chi connectivity index (χ1v) is 11.7. The predicted molar refractivity (Wildman–Crippen MR) is 117 cm³/mol. The number of ether oxygens (including phenoxy) is 3. The normalized spacial score (nSPS) is 30.2. The van der Waals surface area contributed by atoms with Crippen molar-refractivity contribution in [2.45, 2.75) is 44.8 Å². The van der Waals surface area contributed by atoms with Gasteiger partial charge in [-0.2, -0.15) is 0 Å². The maximum Gasteiger partial charge on any atom is 0.161 e. The summed E-state index contributed by atoms with van der Waals surface area (Å²) < 4.78 is 17.1. The van der Waals surface area contributed by atoms with E-state index in [0.29, 0.717) is 18.4 Å². The van der Waals surface area contributed by atoms with Crippen molar-refractivity contribution in [3.63, 3.8) is 0 Å². The fourth-order valence-electron chi connectivity index (χ4n) is 5.59. The van der Waals surface area contributed by atoms with Gasteiger partial charge in [0, 0.05) is 45.2 Å². The molecule has 168 valence electrons. The highest BCUT2D eigenvalue weighted by Gasteiger charge is 2.47. The Kier molecular flexibility index (Phi) is 7.19. The van der Waals surface area contributed by atoms with E-state index in [1.54, 1.807) is 7.11 Å². The molecule has 3 fully saturated rings. The topological polar surface area (TPSA) is 54.4 Å². The number of hydrogen-bond acceptors (Lipinski definition) is 6. The van der Waals surface area contributed by atoms with E-state index >= 15 is 0 Å². The van der Waals surface area contributed by atoms with Crippen LogP contribution in [0.3, 0.4) is 0 Å². The summed E-state index contributed by atoms with van der Waals surface area (Å²) in [5, 5.41) is 11.1. The van der Waals surface area contributed by atoms with Crippen molar-refractivity contribution in [2.24, 2.45) is 11.8 Å². The van der Waals surface area contributed by atoms with Gasteiger partial charge in [-0.3, -0.25) is 9.80 Å². The van der Waals surface area contributed by atoms with Gasteiger partial charge in [-0.25, -0.2) is 0 Å². The Labute approximate surface area is 181 Å². The first-order valence-electron chi connectivity index (χ1n) is 11.7. The number of morpholine rings is 1. The van der Waals surface area contributed by atoms with E-state index in [4.69, 9.17) is 14.2 Å². The Morgan fingerprint density at radius 3 is 2.77 bits per heavy atom. The molecular formula is C24H38N2O4. The van der Waals surface area contributed by atoms with Crippen LogP contribution < -0.4 is 9.47 Å². The van der Waals surface area contributed by atoms with Gasteiger partial charge in [0.15, 0.2) is 11.5 Å². The van der Waals surface area contributed by atoms with Gasteiger partial charge in [-0.05, 0) is 42.9 Å². The zero-order chi connectivity index (χ0) is 21.0. The van der Waals surface area contributed by atoms with Crippen LogP contribution in [0.1, 0.15) is 38.2 Å². The first kappa shape index (κ1) is 21.9. The van der Waals surface area contributed by atoms with Crippen LogP contribution in [0.2, 0.25) is 0 Å². The van der Waals surface area contributed by atoms with Crippen LogP contribution in [0.15, 0.2) is 18.2 Å². The van der Waals surface area contributed by atoms with Gasteiger partial charge in [0.2, 0.25) is 0 Å². The van der Waals surface area contributed by atoms with Crippen LogP contribution in [0.25, 0.3) is 0 Å². The van der Waals surface area contributed by atoms with Gasteiger partial charge >= 0.3 is 0 Å². The van der Waals surface area contributed by atoms with E-state index in [9.17, 15) is 5.11 Å². The lowest BCUT2D eigenvalue weighted by atomic mass is 9.69. The van der Waals surface area contributed by atoms with Crippen molar-refractivity contribution in [1.82, 2.24) is 9.80 Å². The van der Waals surface area contributed by atoms with Gasteiger partial charge < -0.3 is 19.3 Å². The highest BCUT2D eigenvalue weighted by atomic mass is 16.5. The van der Waals surface area contributed by atoms with E-state index in [2.05, 4.69) is 28.9 Å². The summed E-state index contributed by atoms with van der Waals surface area (Å²) in [6.45, 7) is 10.2. The van der Waals surface area contributed by atoms with E-state index in [-0.39, 0.29) is 0 Å². The molecule has 6 nitrogen and oxygen atoms in total. The molecule has 3 atom stereocenters. The molecule has 30 heavy (non-hydrogen) atoms. The van der Waals surface area contributed by atoms with Crippen molar-refractivity contribution in [1.29, 1.82) is 0 Å². The molecule has 0 amide bonds. The zero-order valence-corrected chi connectivity index (χ0v) is 18.6. The number of likely N-dealkylation sites (tertiary alicyclic amines) is 1. The fraction of sp³-hybridized carbons (Fsp3) is 0.750. The van der Waals surface area contributed by atoms with Crippen LogP contribution in [-0.4, -0.2) is 80.2 Å². The smallest absolute Gasteiger partial charge is 0.161 e. The number of fused-ring (bicyclic) bond motifs is 1. The molecule has 2 aliphatic heterocycles. The predicted octanol–water partition coefficient (Wildman–Crippen LogP) is 2.78. The molecule has 0 aromatic heterocycles. The molecule has 1 aromatic carbocycles. The summed E-state index contributed by atoms with van der Waals surface area (Å²) in [6, 6.07) is 6.29. The quantitative estimate of drug-likeness (QED) is 0.701. The van der Waals surface area contributed by atoms with Crippen molar-refractivity contribution in [3.8, 4) is 11.5 Å². The summed E-state index contributed by atoms with van der Waals surface area (Å²) in [7, 11) is 1.70. The van der Waals surface area contributed by atoms with Crippen molar-refractivity contribution < 1.29 is 19.3 Å². The number of hydrogen-bond donors (Lipinski definition) is 1. The van der Waals surface area contributed by atoms with Gasteiger partial charge in [-0.15, -0.1) is 0 Å². The third kappa shape index (κ3) is 4.93. The Morgan fingerprint density at radius 2 is 2.00 bits per heavy atom. The van der Waals surface area contributed by atoms with E-state index in [1.807, 2.05) is 6.07 Å². The molecule has 2 saturated heterocycles. The molecule has 0 unspecified atom stereocenters. The molecule has 6 heteroatoms. The maximum atomic E-state index is 11.1. The molecule has 0 bridgehead atoms. The van der Waals surface area contributed by atoms with Crippen LogP contribution in [-0.2, 0) is 11.3 Å². The van der Waals surface area contributed by atoms with E-state index < -0.39 is 5.60 Å². The zero-order valence-electron chi connectivity index (χ0n) is 18.6. The largest absolute Gasteiger partial charge is 0.493 e. The summed E-state index contributed by atoms with van der Waals surface area (Å²) in [5.41, 5.74) is 0.779. The molecule has 1 N–H and O–H groups in total.